The standard InChI is InChI=1S/C25H23F3N6S/c1-14-15(2-3-22-20(14)4-18(7-29)32-22)8-33-9-16-11-34(12-17(16)10-33)23-21-5-19(6-25(26,27)28)35-24(21)31-13-30-23/h2-5,13,16-17,32H,6,8-12H2,1H3. The van der Waals surface area contributed by atoms with Gasteiger partial charge in [0.2, 0.25) is 0 Å². The van der Waals surface area contributed by atoms with Crippen molar-refractivity contribution < 1.29 is 13.2 Å². The Labute approximate surface area is 204 Å². The molecule has 1 N–H and O–H groups in total. The maximum Gasteiger partial charge on any atom is 0.393 e. The van der Waals surface area contributed by atoms with E-state index in [1.54, 1.807) is 6.07 Å². The smallest absolute Gasteiger partial charge is 0.355 e. The van der Waals surface area contributed by atoms with Crippen molar-refractivity contribution in [3.8, 4) is 6.07 Å². The molecule has 2 fully saturated rings. The number of alkyl halides is 3. The average molecular weight is 497 g/mol. The zero-order valence-electron chi connectivity index (χ0n) is 19.1. The first kappa shape index (κ1) is 22.3. The fourth-order valence-corrected chi connectivity index (χ4v) is 6.71. The molecule has 0 bridgehead atoms. The van der Waals surface area contributed by atoms with E-state index in [4.69, 9.17) is 0 Å². The number of halogens is 3. The first-order valence-electron chi connectivity index (χ1n) is 11.6. The van der Waals surface area contributed by atoms with Gasteiger partial charge in [-0.1, -0.05) is 6.07 Å². The van der Waals surface area contributed by atoms with Gasteiger partial charge in [0.25, 0.3) is 0 Å². The van der Waals surface area contributed by atoms with E-state index in [1.165, 1.54) is 17.5 Å². The molecule has 0 radical (unpaired) electrons. The maximum atomic E-state index is 12.9. The average Bonchev–Trinajstić information content (AvgIpc) is 3.55. The van der Waals surface area contributed by atoms with E-state index < -0.39 is 12.6 Å². The highest BCUT2D eigenvalue weighted by Gasteiger charge is 2.41. The minimum atomic E-state index is -4.23. The molecule has 2 saturated heterocycles. The van der Waals surface area contributed by atoms with Crippen LogP contribution in [-0.2, 0) is 13.0 Å². The Morgan fingerprint density at radius 2 is 1.89 bits per heavy atom. The number of nitrogens with one attached hydrogen (secondary N) is 1. The SMILES string of the molecule is Cc1c(CN2CC3CN(c4ncnc5sc(CC(F)(F)F)cc45)CC3C2)ccc2[nH]c(C#N)cc12. The third-order valence-electron chi connectivity index (χ3n) is 7.29. The molecule has 2 atom stereocenters. The summed E-state index contributed by atoms with van der Waals surface area (Å²) in [6.45, 7) is 6.63. The largest absolute Gasteiger partial charge is 0.393 e. The number of benzene rings is 1. The van der Waals surface area contributed by atoms with Gasteiger partial charge in [-0.05, 0) is 48.1 Å². The van der Waals surface area contributed by atoms with Crippen molar-refractivity contribution >= 4 is 38.3 Å². The summed E-state index contributed by atoms with van der Waals surface area (Å²) >= 11 is 1.10. The minimum Gasteiger partial charge on any atom is -0.355 e. The van der Waals surface area contributed by atoms with Gasteiger partial charge in [0.05, 0.1) is 11.8 Å². The molecule has 10 heteroatoms. The number of hydrogen-bond acceptors (Lipinski definition) is 6. The molecule has 5 heterocycles. The number of rotatable bonds is 4. The van der Waals surface area contributed by atoms with E-state index in [0.717, 1.165) is 66.2 Å². The number of nitriles is 1. The summed E-state index contributed by atoms with van der Waals surface area (Å²) in [5.74, 6) is 1.74. The topological polar surface area (TPSA) is 71.8 Å². The molecule has 0 amide bonds. The van der Waals surface area contributed by atoms with Crippen molar-refractivity contribution in [1.82, 2.24) is 19.9 Å². The summed E-state index contributed by atoms with van der Waals surface area (Å²) in [6, 6.07) is 9.89. The first-order chi connectivity index (χ1) is 16.8. The number of hydrogen-bond donors (Lipinski definition) is 1. The lowest BCUT2D eigenvalue weighted by atomic mass is 10.0. The van der Waals surface area contributed by atoms with Crippen LogP contribution < -0.4 is 4.90 Å². The van der Waals surface area contributed by atoms with Crippen LogP contribution >= 0.6 is 11.3 Å². The highest BCUT2D eigenvalue weighted by Crippen LogP contribution is 2.39. The third-order valence-corrected chi connectivity index (χ3v) is 8.34. The Hall–Kier alpha value is -3.16. The Bertz CT molecular complexity index is 1450. The summed E-state index contributed by atoms with van der Waals surface area (Å²) in [5.41, 5.74) is 4.03. The Kier molecular flexibility index (Phi) is 5.23. The lowest BCUT2D eigenvalue weighted by Gasteiger charge is -2.23. The van der Waals surface area contributed by atoms with Gasteiger partial charge < -0.3 is 9.88 Å². The Morgan fingerprint density at radius 3 is 2.60 bits per heavy atom. The normalized spacial score (nSPS) is 20.7. The number of fused-ring (bicyclic) bond motifs is 3. The summed E-state index contributed by atoms with van der Waals surface area (Å²) in [4.78, 5) is 17.4. The third kappa shape index (κ3) is 4.13. The summed E-state index contributed by atoms with van der Waals surface area (Å²) in [6.07, 6.45) is -3.70. The summed E-state index contributed by atoms with van der Waals surface area (Å²) < 4.78 is 38.6. The first-order valence-corrected chi connectivity index (χ1v) is 12.4. The molecule has 0 aliphatic carbocycles. The van der Waals surface area contributed by atoms with Crippen LogP contribution in [0, 0.1) is 30.1 Å². The van der Waals surface area contributed by atoms with E-state index in [2.05, 4.69) is 43.8 Å². The number of aryl methyl sites for hydroxylation is 1. The van der Waals surface area contributed by atoms with Gasteiger partial charge in [0.1, 0.15) is 28.7 Å². The zero-order chi connectivity index (χ0) is 24.3. The molecule has 180 valence electrons. The molecule has 6 rings (SSSR count). The molecule has 35 heavy (non-hydrogen) atoms. The van der Waals surface area contributed by atoms with Crippen molar-refractivity contribution in [2.75, 3.05) is 31.1 Å². The van der Waals surface area contributed by atoms with E-state index >= 15 is 0 Å². The molecule has 6 nitrogen and oxygen atoms in total. The fourth-order valence-electron chi connectivity index (χ4n) is 5.69. The molecule has 4 aromatic rings. The number of likely N-dealkylation sites (tertiary alicyclic amines) is 1. The second-order valence-corrected chi connectivity index (χ2v) is 10.8. The molecule has 0 spiro atoms. The van der Waals surface area contributed by atoms with E-state index in [9.17, 15) is 18.4 Å². The molecule has 2 unspecified atom stereocenters. The quantitative estimate of drug-likeness (QED) is 0.429. The van der Waals surface area contributed by atoms with E-state index in [0.29, 0.717) is 22.4 Å². The number of H-pyrrole nitrogens is 1. The molecular weight excluding hydrogens is 473 g/mol. The van der Waals surface area contributed by atoms with Crippen LogP contribution in [0.5, 0.6) is 0 Å². The lowest BCUT2D eigenvalue weighted by Crippen LogP contribution is -2.29. The summed E-state index contributed by atoms with van der Waals surface area (Å²) in [5, 5.41) is 11.0. The van der Waals surface area contributed by atoms with Crippen molar-refractivity contribution in [1.29, 1.82) is 5.26 Å². The Morgan fingerprint density at radius 1 is 1.11 bits per heavy atom. The summed E-state index contributed by atoms with van der Waals surface area (Å²) in [7, 11) is 0. The van der Waals surface area contributed by atoms with Crippen LogP contribution in [0.1, 0.15) is 21.7 Å². The van der Waals surface area contributed by atoms with Crippen molar-refractivity contribution in [3.05, 3.63) is 52.3 Å². The number of aromatic nitrogens is 3. The lowest BCUT2D eigenvalue weighted by molar-refractivity contribution is -0.126. The highest BCUT2D eigenvalue weighted by atomic mass is 32.1. The van der Waals surface area contributed by atoms with Crippen LogP contribution in [0.4, 0.5) is 19.0 Å². The van der Waals surface area contributed by atoms with E-state index in [-0.39, 0.29) is 4.88 Å². The predicted octanol–water partition coefficient (Wildman–Crippen LogP) is 5.03. The highest BCUT2D eigenvalue weighted by molar-refractivity contribution is 7.18. The van der Waals surface area contributed by atoms with Crippen LogP contribution in [-0.4, -0.2) is 52.2 Å². The van der Waals surface area contributed by atoms with Crippen LogP contribution in [0.15, 0.2) is 30.6 Å². The molecule has 2 aliphatic heterocycles. The molecular formula is C25H23F3N6S. The van der Waals surface area contributed by atoms with Gasteiger partial charge in [-0.15, -0.1) is 11.3 Å². The number of anilines is 1. The number of thiophene rings is 1. The van der Waals surface area contributed by atoms with Gasteiger partial charge in [0, 0.05) is 48.5 Å². The molecule has 0 saturated carbocycles. The van der Waals surface area contributed by atoms with Gasteiger partial charge in [-0.2, -0.15) is 18.4 Å². The van der Waals surface area contributed by atoms with Gasteiger partial charge in [-0.3, -0.25) is 4.90 Å². The van der Waals surface area contributed by atoms with Crippen LogP contribution in [0.3, 0.4) is 0 Å². The second kappa shape index (κ2) is 8.21. The van der Waals surface area contributed by atoms with Gasteiger partial charge in [-0.25, -0.2) is 9.97 Å². The van der Waals surface area contributed by atoms with Gasteiger partial charge in [0.15, 0.2) is 0 Å². The maximum absolute atomic E-state index is 12.9. The minimum absolute atomic E-state index is 0.275. The van der Waals surface area contributed by atoms with Crippen LogP contribution in [0.2, 0.25) is 0 Å². The van der Waals surface area contributed by atoms with Gasteiger partial charge >= 0.3 is 6.18 Å². The zero-order valence-corrected chi connectivity index (χ0v) is 19.9. The molecule has 2 aliphatic rings. The fraction of sp³-hybridized carbons (Fsp3) is 0.400. The van der Waals surface area contributed by atoms with Crippen molar-refractivity contribution in [2.45, 2.75) is 26.1 Å². The second-order valence-electron chi connectivity index (χ2n) is 9.65. The van der Waals surface area contributed by atoms with Crippen molar-refractivity contribution in [2.24, 2.45) is 11.8 Å². The van der Waals surface area contributed by atoms with Crippen LogP contribution in [0.25, 0.3) is 21.1 Å². The molecule has 1 aromatic carbocycles. The predicted molar refractivity (Wildman–Crippen MR) is 129 cm³/mol. The van der Waals surface area contributed by atoms with E-state index in [1.807, 2.05) is 12.1 Å². The Balaban J connectivity index is 1.16. The number of aromatic amines is 1. The monoisotopic (exact) mass is 496 g/mol. The number of nitrogens with zero attached hydrogens (tertiary/aromatic N) is 5. The van der Waals surface area contributed by atoms with Crippen molar-refractivity contribution in [3.63, 3.8) is 0 Å². The molecule has 3 aromatic heterocycles.